The first-order valence-corrected chi connectivity index (χ1v) is 8.83. The lowest BCUT2D eigenvalue weighted by Crippen LogP contribution is -2.48. The van der Waals surface area contributed by atoms with Crippen LogP contribution in [0.2, 0.25) is 0 Å². The van der Waals surface area contributed by atoms with Crippen molar-refractivity contribution in [3.05, 3.63) is 57.8 Å². The monoisotopic (exact) mass is 343 g/mol. The van der Waals surface area contributed by atoms with Gasteiger partial charge in [0, 0.05) is 32.2 Å². The topological polar surface area (TPSA) is 52.7 Å². The van der Waals surface area contributed by atoms with Gasteiger partial charge < -0.3 is 10.2 Å². The summed E-state index contributed by atoms with van der Waals surface area (Å²) in [7, 11) is 3.69. The van der Waals surface area contributed by atoms with Gasteiger partial charge in [-0.15, -0.1) is 11.3 Å². The maximum Gasteiger partial charge on any atom is 0.264 e. The van der Waals surface area contributed by atoms with Crippen molar-refractivity contribution in [3.8, 4) is 0 Å². The lowest BCUT2D eigenvalue weighted by Gasteiger charge is -2.39. The van der Waals surface area contributed by atoms with Crippen LogP contribution in [0.15, 0.2) is 41.8 Å². The quantitative estimate of drug-likeness (QED) is 0.930. The van der Waals surface area contributed by atoms with Crippen molar-refractivity contribution in [1.29, 1.82) is 0 Å². The third-order valence-corrected chi connectivity index (χ3v) is 5.29. The summed E-state index contributed by atoms with van der Waals surface area (Å²) in [6.07, 6.45) is 0. The largest absolute Gasteiger partial charge is 0.355 e. The predicted molar refractivity (Wildman–Crippen MR) is 95.4 cm³/mol. The van der Waals surface area contributed by atoms with Crippen molar-refractivity contribution in [2.45, 2.75) is 6.04 Å². The van der Waals surface area contributed by atoms with E-state index in [-0.39, 0.29) is 17.9 Å². The van der Waals surface area contributed by atoms with Crippen LogP contribution in [0.4, 0.5) is 0 Å². The highest BCUT2D eigenvalue weighted by Crippen LogP contribution is 2.26. The first-order valence-electron chi connectivity index (χ1n) is 7.95. The van der Waals surface area contributed by atoms with Crippen LogP contribution in [-0.2, 0) is 0 Å². The Labute approximate surface area is 145 Å². The van der Waals surface area contributed by atoms with Crippen molar-refractivity contribution < 1.29 is 9.59 Å². The van der Waals surface area contributed by atoms with Gasteiger partial charge in [-0.1, -0.05) is 18.2 Å². The molecule has 24 heavy (non-hydrogen) atoms. The number of hydrogen-bond donors (Lipinski definition) is 1. The van der Waals surface area contributed by atoms with Crippen LogP contribution in [-0.4, -0.2) is 55.3 Å². The molecule has 0 spiro atoms. The number of nitrogens with zero attached hydrogens (tertiary/aromatic N) is 2. The van der Waals surface area contributed by atoms with Crippen LogP contribution in [0, 0.1) is 0 Å². The average Bonchev–Trinajstić information content (AvgIpc) is 3.15. The molecule has 1 aromatic heterocycles. The van der Waals surface area contributed by atoms with Crippen LogP contribution in [0.3, 0.4) is 0 Å². The van der Waals surface area contributed by atoms with Gasteiger partial charge in [-0.05, 0) is 36.2 Å². The second kappa shape index (κ2) is 7.15. The first-order chi connectivity index (χ1) is 11.6. The summed E-state index contributed by atoms with van der Waals surface area (Å²) < 4.78 is 0. The van der Waals surface area contributed by atoms with Crippen molar-refractivity contribution in [3.63, 3.8) is 0 Å². The highest BCUT2D eigenvalue weighted by atomic mass is 32.1. The minimum atomic E-state index is -0.0955. The summed E-state index contributed by atoms with van der Waals surface area (Å²) in [4.78, 5) is 29.4. The number of nitrogens with one attached hydrogen (secondary N) is 1. The number of thiophene rings is 1. The van der Waals surface area contributed by atoms with Crippen molar-refractivity contribution in [2.75, 3.05) is 33.7 Å². The van der Waals surface area contributed by atoms with Gasteiger partial charge >= 0.3 is 0 Å². The minimum Gasteiger partial charge on any atom is -0.355 e. The summed E-state index contributed by atoms with van der Waals surface area (Å²) in [6, 6.07) is 11.5. The van der Waals surface area contributed by atoms with Crippen LogP contribution < -0.4 is 5.32 Å². The Morgan fingerprint density at radius 1 is 1.21 bits per heavy atom. The van der Waals surface area contributed by atoms with E-state index in [1.54, 1.807) is 13.1 Å². The predicted octanol–water partition coefficient (Wildman–Crippen LogP) is 2.24. The van der Waals surface area contributed by atoms with Crippen LogP contribution in [0.5, 0.6) is 0 Å². The average molecular weight is 343 g/mol. The standard InChI is InChI=1S/C18H21N3O2S/c1-19-17(22)14-6-3-5-13(11-14)15-12-21(9-8-20(15)2)18(23)16-7-4-10-24-16/h3-7,10-11,15H,8-9,12H2,1-2H3,(H,19,22)/t15-/m0/s1. The van der Waals surface area contributed by atoms with E-state index in [0.717, 1.165) is 23.5 Å². The molecule has 126 valence electrons. The van der Waals surface area contributed by atoms with Crippen LogP contribution in [0.1, 0.15) is 31.6 Å². The molecule has 1 atom stereocenters. The smallest absolute Gasteiger partial charge is 0.264 e. The number of carbonyl (C=O) groups excluding carboxylic acids is 2. The van der Waals surface area contributed by atoms with Gasteiger partial charge in [0.25, 0.3) is 11.8 Å². The van der Waals surface area contributed by atoms with Gasteiger partial charge in [0.1, 0.15) is 0 Å². The van der Waals surface area contributed by atoms with Crippen molar-refractivity contribution in [2.24, 2.45) is 0 Å². The zero-order chi connectivity index (χ0) is 17.1. The molecule has 2 aromatic rings. The molecule has 1 N–H and O–H groups in total. The summed E-state index contributed by atoms with van der Waals surface area (Å²) in [5, 5.41) is 4.58. The Bertz CT molecular complexity index is 730. The van der Waals surface area contributed by atoms with E-state index in [4.69, 9.17) is 0 Å². The molecule has 1 aliphatic heterocycles. The highest BCUT2D eigenvalue weighted by molar-refractivity contribution is 7.12. The molecule has 0 bridgehead atoms. The molecule has 5 nitrogen and oxygen atoms in total. The maximum absolute atomic E-state index is 12.6. The SMILES string of the molecule is CNC(=O)c1cccc([C@@H]2CN(C(=O)c3cccs3)CCN2C)c1. The van der Waals surface area contributed by atoms with E-state index in [9.17, 15) is 9.59 Å². The van der Waals surface area contributed by atoms with E-state index < -0.39 is 0 Å². The zero-order valence-corrected chi connectivity index (χ0v) is 14.7. The van der Waals surface area contributed by atoms with Gasteiger partial charge in [0.2, 0.25) is 0 Å². The molecule has 2 heterocycles. The normalized spacial score (nSPS) is 18.4. The molecule has 0 radical (unpaired) electrons. The van der Waals surface area contributed by atoms with Gasteiger partial charge in [0.05, 0.1) is 10.9 Å². The highest BCUT2D eigenvalue weighted by Gasteiger charge is 2.29. The first kappa shape index (κ1) is 16.7. The van der Waals surface area contributed by atoms with E-state index in [2.05, 4.69) is 17.3 Å². The lowest BCUT2D eigenvalue weighted by atomic mass is 10.00. The van der Waals surface area contributed by atoms with Crippen molar-refractivity contribution >= 4 is 23.2 Å². The molecule has 0 unspecified atom stereocenters. The minimum absolute atomic E-state index is 0.0885. The fourth-order valence-corrected chi connectivity index (χ4v) is 3.70. The maximum atomic E-state index is 12.6. The Morgan fingerprint density at radius 3 is 2.75 bits per heavy atom. The zero-order valence-electron chi connectivity index (χ0n) is 13.9. The Kier molecular flexibility index (Phi) is 4.97. The number of amides is 2. The molecule has 1 aromatic carbocycles. The number of piperazine rings is 1. The molecule has 0 saturated carbocycles. The Balaban J connectivity index is 1.81. The summed E-state index contributed by atoms with van der Waals surface area (Å²) in [5.74, 6) is -0.00705. The number of likely N-dealkylation sites (N-methyl/N-ethyl adjacent to an activating group) is 1. The molecule has 2 amide bonds. The fraction of sp³-hybridized carbons (Fsp3) is 0.333. The molecule has 1 aliphatic rings. The third-order valence-electron chi connectivity index (χ3n) is 4.43. The van der Waals surface area contributed by atoms with Crippen LogP contribution >= 0.6 is 11.3 Å². The molecule has 3 rings (SSSR count). The molecule has 0 aliphatic carbocycles. The Hall–Kier alpha value is -2.18. The number of benzene rings is 1. The van der Waals surface area contributed by atoms with Crippen LogP contribution in [0.25, 0.3) is 0 Å². The van der Waals surface area contributed by atoms with E-state index >= 15 is 0 Å². The van der Waals surface area contributed by atoms with Crippen molar-refractivity contribution in [1.82, 2.24) is 15.1 Å². The number of hydrogen-bond acceptors (Lipinski definition) is 4. The molecular weight excluding hydrogens is 322 g/mol. The summed E-state index contributed by atoms with van der Waals surface area (Å²) in [5.41, 5.74) is 1.70. The van der Waals surface area contributed by atoms with Gasteiger partial charge in [-0.2, -0.15) is 0 Å². The Morgan fingerprint density at radius 2 is 2.04 bits per heavy atom. The van der Waals surface area contributed by atoms with Gasteiger partial charge in [0.15, 0.2) is 0 Å². The number of carbonyl (C=O) groups is 2. The van der Waals surface area contributed by atoms with Gasteiger partial charge in [-0.25, -0.2) is 0 Å². The molecule has 6 heteroatoms. The third kappa shape index (κ3) is 3.34. The molecular formula is C18H21N3O2S. The van der Waals surface area contributed by atoms with E-state index in [1.807, 2.05) is 40.6 Å². The summed E-state index contributed by atoms with van der Waals surface area (Å²) in [6.45, 7) is 2.16. The van der Waals surface area contributed by atoms with E-state index in [0.29, 0.717) is 12.1 Å². The fourth-order valence-electron chi connectivity index (χ4n) is 3.01. The lowest BCUT2D eigenvalue weighted by molar-refractivity contribution is 0.0550. The van der Waals surface area contributed by atoms with E-state index in [1.165, 1.54) is 11.3 Å². The second-order valence-electron chi connectivity index (χ2n) is 5.93. The molecule has 1 fully saturated rings. The van der Waals surface area contributed by atoms with Gasteiger partial charge in [-0.3, -0.25) is 14.5 Å². The second-order valence-corrected chi connectivity index (χ2v) is 6.88. The summed E-state index contributed by atoms with van der Waals surface area (Å²) >= 11 is 1.47. The number of rotatable bonds is 3. The molecule has 1 saturated heterocycles.